The zero-order chi connectivity index (χ0) is 23.0. The molecule has 168 valence electrons. The van der Waals surface area contributed by atoms with Gasteiger partial charge in [0, 0.05) is 0 Å². The number of aromatic nitrogens is 5. The molecule has 4 rings (SSSR count). The molecule has 0 saturated carbocycles. The van der Waals surface area contributed by atoms with Crippen molar-refractivity contribution in [3.8, 4) is 11.4 Å². The fourth-order valence-corrected chi connectivity index (χ4v) is 3.35. The molecule has 2 amide bonds. The first kappa shape index (κ1) is 21.5. The lowest BCUT2D eigenvalue weighted by molar-refractivity contribution is 0.00904. The van der Waals surface area contributed by atoms with Crippen molar-refractivity contribution in [2.24, 2.45) is 0 Å². The molecule has 1 aromatic carbocycles. The van der Waals surface area contributed by atoms with E-state index in [0.717, 1.165) is 0 Å². The first-order valence-corrected chi connectivity index (χ1v) is 10.2. The van der Waals surface area contributed by atoms with Gasteiger partial charge in [0.2, 0.25) is 5.95 Å². The van der Waals surface area contributed by atoms with E-state index in [4.69, 9.17) is 4.74 Å². The number of anilines is 1. The van der Waals surface area contributed by atoms with Crippen LogP contribution in [0.15, 0.2) is 30.3 Å². The Balaban J connectivity index is 1.47. The highest BCUT2D eigenvalue weighted by Gasteiger charge is 2.32. The van der Waals surface area contributed by atoms with E-state index in [-0.39, 0.29) is 35.6 Å². The van der Waals surface area contributed by atoms with Crippen molar-refractivity contribution in [1.29, 1.82) is 0 Å². The first-order chi connectivity index (χ1) is 15.1. The second kappa shape index (κ2) is 8.06. The third-order valence-electron chi connectivity index (χ3n) is 4.87. The van der Waals surface area contributed by atoms with Crippen LogP contribution in [-0.4, -0.2) is 53.5 Å². The molecule has 0 aliphatic carbocycles. The molecule has 2 aromatic heterocycles. The average molecular weight is 441 g/mol. The minimum Gasteiger partial charge on any atom is -0.444 e. The minimum atomic E-state index is -0.600. The highest BCUT2D eigenvalue weighted by Crippen LogP contribution is 2.22. The molecule has 0 fully saturated rings. The van der Waals surface area contributed by atoms with E-state index in [2.05, 4.69) is 25.6 Å². The van der Waals surface area contributed by atoms with Crippen molar-refractivity contribution < 1.29 is 18.7 Å². The quantitative estimate of drug-likeness (QED) is 0.644. The van der Waals surface area contributed by atoms with Crippen LogP contribution in [0, 0.1) is 5.82 Å². The lowest BCUT2D eigenvalue weighted by Gasteiger charge is -2.35. The number of carbonyl (C=O) groups is 2. The molecule has 0 bridgehead atoms. The molecule has 0 spiro atoms. The zero-order valence-electron chi connectivity index (χ0n) is 18.2. The third-order valence-corrected chi connectivity index (χ3v) is 4.87. The van der Waals surface area contributed by atoms with Crippen LogP contribution in [0.3, 0.4) is 0 Å². The Hall–Kier alpha value is -3.76. The number of benzene rings is 1. The molecule has 1 unspecified atom stereocenters. The summed E-state index contributed by atoms with van der Waals surface area (Å²) in [5.74, 6) is -0.762. The van der Waals surface area contributed by atoms with Crippen LogP contribution in [-0.2, 0) is 17.8 Å². The van der Waals surface area contributed by atoms with Crippen molar-refractivity contribution in [1.82, 2.24) is 29.9 Å². The fraction of sp³-hybridized carbons (Fsp3) is 0.381. The fourth-order valence-electron chi connectivity index (χ4n) is 3.35. The summed E-state index contributed by atoms with van der Waals surface area (Å²) in [6.07, 6.45) is -0.412. The number of nitrogens with one attached hydrogen (secondary N) is 2. The van der Waals surface area contributed by atoms with Gasteiger partial charge in [-0.25, -0.2) is 9.18 Å². The second-order valence-electron chi connectivity index (χ2n) is 8.60. The van der Waals surface area contributed by atoms with E-state index in [0.29, 0.717) is 12.2 Å². The topological polar surface area (TPSA) is 118 Å². The lowest BCUT2D eigenvalue weighted by atomic mass is 10.2. The number of rotatable bonds is 3. The van der Waals surface area contributed by atoms with E-state index in [1.54, 1.807) is 33.8 Å². The van der Waals surface area contributed by atoms with Gasteiger partial charge in [0.15, 0.2) is 11.5 Å². The van der Waals surface area contributed by atoms with Gasteiger partial charge in [-0.3, -0.25) is 24.8 Å². The Morgan fingerprint density at radius 3 is 2.75 bits per heavy atom. The van der Waals surface area contributed by atoms with E-state index in [1.165, 1.54) is 6.07 Å². The summed E-state index contributed by atoms with van der Waals surface area (Å²) in [6, 6.07) is 7.59. The van der Waals surface area contributed by atoms with Gasteiger partial charge in [0.25, 0.3) is 5.91 Å². The molecule has 0 radical (unpaired) electrons. The summed E-state index contributed by atoms with van der Waals surface area (Å²) in [4.78, 5) is 30.9. The highest BCUT2D eigenvalue weighted by atomic mass is 19.1. The summed E-state index contributed by atoms with van der Waals surface area (Å²) in [6.45, 7) is 8.03. The predicted molar refractivity (Wildman–Crippen MR) is 113 cm³/mol. The predicted octanol–water partition coefficient (Wildman–Crippen LogP) is 3.20. The van der Waals surface area contributed by atoms with Gasteiger partial charge in [-0.15, -0.1) is 5.10 Å². The minimum absolute atomic E-state index is 0.00275. The standard InChI is InChI=1S/C21H24FN7O3/c1-12-10-29-13(11-28(12)20(31)32-21(2,3)4)9-16(27-29)18(30)24-19-23-17(25-26-19)14-7-5-6-8-15(14)22/h5-9,12H,10-11H2,1-4H3,(H2,23,24,25,26,30). The van der Waals surface area contributed by atoms with E-state index in [1.807, 2.05) is 27.7 Å². The number of fused-ring (bicyclic) bond motifs is 1. The number of hydrogen-bond donors (Lipinski definition) is 2. The van der Waals surface area contributed by atoms with Crippen LogP contribution < -0.4 is 5.32 Å². The Bertz CT molecular complexity index is 1160. The van der Waals surface area contributed by atoms with Gasteiger partial charge in [0.05, 0.1) is 30.4 Å². The molecule has 1 aliphatic heterocycles. The summed E-state index contributed by atoms with van der Waals surface area (Å²) < 4.78 is 21.1. The molecular formula is C21H24FN7O3. The van der Waals surface area contributed by atoms with Crippen LogP contribution in [0.4, 0.5) is 15.1 Å². The third kappa shape index (κ3) is 4.46. The first-order valence-electron chi connectivity index (χ1n) is 10.2. The zero-order valence-corrected chi connectivity index (χ0v) is 18.2. The number of amides is 2. The number of halogens is 1. The van der Waals surface area contributed by atoms with Crippen molar-refractivity contribution >= 4 is 17.9 Å². The normalized spacial score (nSPS) is 15.9. The van der Waals surface area contributed by atoms with Crippen LogP contribution >= 0.6 is 0 Å². The van der Waals surface area contributed by atoms with Gasteiger partial charge >= 0.3 is 6.09 Å². The van der Waals surface area contributed by atoms with E-state index in [9.17, 15) is 14.0 Å². The number of aromatic amines is 1. The Morgan fingerprint density at radius 1 is 1.28 bits per heavy atom. The largest absolute Gasteiger partial charge is 0.444 e. The lowest BCUT2D eigenvalue weighted by Crippen LogP contribution is -2.46. The maximum absolute atomic E-state index is 13.9. The number of hydrogen-bond acceptors (Lipinski definition) is 6. The maximum atomic E-state index is 13.9. The van der Waals surface area contributed by atoms with Crippen LogP contribution in [0.25, 0.3) is 11.4 Å². The molecule has 0 saturated heterocycles. The number of ether oxygens (including phenoxy) is 1. The summed E-state index contributed by atoms with van der Waals surface area (Å²) in [5, 5.41) is 13.4. The summed E-state index contributed by atoms with van der Waals surface area (Å²) in [7, 11) is 0. The maximum Gasteiger partial charge on any atom is 0.410 e. The van der Waals surface area contributed by atoms with Crippen LogP contribution in [0.2, 0.25) is 0 Å². The van der Waals surface area contributed by atoms with Crippen molar-refractivity contribution in [3.05, 3.63) is 47.5 Å². The Kier molecular flexibility index (Phi) is 5.41. The van der Waals surface area contributed by atoms with Gasteiger partial charge < -0.3 is 4.74 Å². The van der Waals surface area contributed by atoms with E-state index < -0.39 is 23.4 Å². The Labute approximate surface area is 183 Å². The summed E-state index contributed by atoms with van der Waals surface area (Å²) >= 11 is 0. The monoisotopic (exact) mass is 441 g/mol. The van der Waals surface area contributed by atoms with Crippen molar-refractivity contribution in [2.75, 3.05) is 5.32 Å². The molecule has 11 heteroatoms. The molecule has 1 aliphatic rings. The van der Waals surface area contributed by atoms with E-state index >= 15 is 0 Å². The molecule has 32 heavy (non-hydrogen) atoms. The number of nitrogens with zero attached hydrogens (tertiary/aromatic N) is 5. The van der Waals surface area contributed by atoms with Gasteiger partial charge in [-0.05, 0) is 45.9 Å². The second-order valence-corrected chi connectivity index (χ2v) is 8.60. The molecule has 3 heterocycles. The Morgan fingerprint density at radius 2 is 2.03 bits per heavy atom. The van der Waals surface area contributed by atoms with Crippen LogP contribution in [0.1, 0.15) is 43.9 Å². The number of carbonyl (C=O) groups excluding carboxylic acids is 2. The molecule has 2 N–H and O–H groups in total. The molecule has 10 nitrogen and oxygen atoms in total. The van der Waals surface area contributed by atoms with Crippen molar-refractivity contribution in [3.63, 3.8) is 0 Å². The summed E-state index contributed by atoms with van der Waals surface area (Å²) in [5.41, 5.74) is 0.517. The molecule has 1 atom stereocenters. The number of H-pyrrole nitrogens is 1. The smallest absolute Gasteiger partial charge is 0.410 e. The van der Waals surface area contributed by atoms with Crippen LogP contribution in [0.5, 0.6) is 0 Å². The highest BCUT2D eigenvalue weighted by molar-refractivity contribution is 6.02. The molecular weight excluding hydrogens is 417 g/mol. The van der Waals surface area contributed by atoms with Gasteiger partial charge in [-0.2, -0.15) is 10.1 Å². The average Bonchev–Trinajstić information content (AvgIpc) is 3.33. The van der Waals surface area contributed by atoms with Gasteiger partial charge in [-0.1, -0.05) is 12.1 Å². The van der Waals surface area contributed by atoms with Gasteiger partial charge in [0.1, 0.15) is 11.4 Å². The molecule has 3 aromatic rings. The van der Waals surface area contributed by atoms with Crippen molar-refractivity contribution in [2.45, 2.75) is 52.4 Å². The SMILES string of the molecule is CC1Cn2nc(C(=O)Nc3n[nH]c(-c4ccccc4F)n3)cc2CN1C(=O)OC(C)(C)C.